The van der Waals surface area contributed by atoms with Gasteiger partial charge in [0.1, 0.15) is 0 Å². The number of nitrogens with zero attached hydrogens (tertiary/aromatic N) is 5. The van der Waals surface area contributed by atoms with Crippen LogP contribution >= 0.6 is 0 Å². The highest BCUT2D eigenvalue weighted by Gasteiger charge is 2.24. The van der Waals surface area contributed by atoms with Crippen LogP contribution in [0.4, 0.5) is 5.69 Å². The minimum atomic E-state index is -0.0124. The summed E-state index contributed by atoms with van der Waals surface area (Å²) < 4.78 is 2.23. The van der Waals surface area contributed by atoms with Gasteiger partial charge in [0.05, 0.1) is 17.8 Å². The predicted molar refractivity (Wildman–Crippen MR) is 117 cm³/mol. The molecule has 7 heteroatoms. The van der Waals surface area contributed by atoms with Gasteiger partial charge in [-0.05, 0) is 24.3 Å². The molecule has 3 aromatic rings. The first-order valence-corrected chi connectivity index (χ1v) is 10.3. The molecule has 0 radical (unpaired) electrons. The van der Waals surface area contributed by atoms with Crippen molar-refractivity contribution >= 4 is 22.6 Å². The number of carbonyl (C=O) groups excluding carboxylic acids is 1. The third kappa shape index (κ3) is 5.25. The second-order valence-corrected chi connectivity index (χ2v) is 6.12. The van der Waals surface area contributed by atoms with Crippen LogP contribution in [0.2, 0.25) is 0 Å². The Hall–Kier alpha value is -3.09. The first kappa shape index (κ1) is 22.2. The van der Waals surface area contributed by atoms with Crippen molar-refractivity contribution in [2.45, 2.75) is 34.2 Å². The van der Waals surface area contributed by atoms with E-state index in [-0.39, 0.29) is 12.5 Å². The molecule has 7 nitrogen and oxygen atoms in total. The van der Waals surface area contributed by atoms with Gasteiger partial charge >= 0.3 is 5.65 Å². The van der Waals surface area contributed by atoms with Crippen LogP contribution in [0.1, 0.15) is 27.7 Å². The molecule has 0 spiro atoms. The van der Waals surface area contributed by atoms with Crippen LogP contribution in [0.15, 0.2) is 54.9 Å². The van der Waals surface area contributed by atoms with E-state index in [0.717, 1.165) is 23.2 Å². The number of fused-ring (bicyclic) bond motifs is 1. The zero-order valence-electron chi connectivity index (χ0n) is 17.8. The number of rotatable bonds is 3. The average Bonchev–Trinajstić information content (AvgIpc) is 3.21. The molecule has 3 heterocycles. The summed E-state index contributed by atoms with van der Waals surface area (Å²) >= 11 is 0. The number of anilines is 1. The second kappa shape index (κ2) is 11.0. The smallest absolute Gasteiger partial charge is 0.314 e. The van der Waals surface area contributed by atoms with Crippen molar-refractivity contribution in [3.8, 4) is 0 Å². The Balaban J connectivity index is 0.000000707. The molecule has 0 atom stereocenters. The average molecular weight is 398 g/mol. The van der Waals surface area contributed by atoms with E-state index in [4.69, 9.17) is 0 Å². The first-order chi connectivity index (χ1) is 14.2. The molecule has 2 aromatic heterocycles. The number of piperazine rings is 1. The maximum absolute atomic E-state index is 12.6. The van der Waals surface area contributed by atoms with Gasteiger partial charge in [-0.2, -0.15) is 0 Å². The number of aromatic nitrogens is 3. The molecule has 0 saturated carbocycles. The van der Waals surface area contributed by atoms with Gasteiger partial charge < -0.3 is 15.0 Å². The lowest BCUT2D eigenvalue weighted by atomic mass is 10.2. The Kier molecular flexibility index (Phi) is 8.45. The van der Waals surface area contributed by atoms with Crippen LogP contribution in [0.5, 0.6) is 0 Å². The normalized spacial score (nSPS) is 13.2. The van der Waals surface area contributed by atoms with E-state index in [2.05, 4.69) is 22.1 Å². The highest BCUT2D eigenvalue weighted by molar-refractivity contribution is 5.79. The summed E-state index contributed by atoms with van der Waals surface area (Å²) in [5, 5.41) is 16.9. The summed E-state index contributed by atoms with van der Waals surface area (Å²) in [5.74, 6) is -0.0124. The fourth-order valence-corrected chi connectivity index (χ4v) is 3.24. The number of pyridine rings is 1. The van der Waals surface area contributed by atoms with Crippen molar-refractivity contribution in [1.29, 1.82) is 0 Å². The number of hydrogen-bond donors (Lipinski definition) is 0. The van der Waals surface area contributed by atoms with Crippen LogP contribution in [-0.4, -0.2) is 46.8 Å². The number of benzene rings is 1. The van der Waals surface area contributed by atoms with Gasteiger partial charge in [-0.15, -0.1) is 4.68 Å². The standard InChI is InChI=1S/C18H19N5O2.2C2H6/c24-17(14-22-18-15(13-19-22)5-4-8-23(18)25)21-11-9-20(10-12-21)16-6-2-1-3-7-16;2*1-2/h1-8,13H,9-12,14H2;2*1-2H3. The lowest BCUT2D eigenvalue weighted by Crippen LogP contribution is -2.49. The molecule has 1 fully saturated rings. The van der Waals surface area contributed by atoms with Gasteiger partial charge in [0.15, 0.2) is 6.54 Å². The molecule has 0 unspecified atom stereocenters. The largest absolute Gasteiger partial charge is 0.711 e. The quantitative estimate of drug-likeness (QED) is 0.503. The molecule has 1 aliphatic rings. The van der Waals surface area contributed by atoms with Crippen LogP contribution < -0.4 is 9.63 Å². The van der Waals surface area contributed by atoms with Crippen molar-refractivity contribution in [3.63, 3.8) is 0 Å². The highest BCUT2D eigenvalue weighted by Crippen LogP contribution is 2.16. The van der Waals surface area contributed by atoms with Gasteiger partial charge in [-0.1, -0.05) is 51.0 Å². The molecule has 0 bridgehead atoms. The van der Waals surface area contributed by atoms with Crippen LogP contribution in [-0.2, 0) is 11.3 Å². The van der Waals surface area contributed by atoms with Crippen molar-refractivity contribution in [1.82, 2.24) is 14.7 Å². The van der Waals surface area contributed by atoms with E-state index in [9.17, 15) is 10.0 Å². The Labute approximate surface area is 172 Å². The SMILES string of the molecule is CC.CC.O=C(Cn1ncc2ccc[n+]([O-])c21)N1CCN(c2ccccc2)CC1. The Bertz CT molecular complexity index is 887. The third-order valence-electron chi connectivity index (χ3n) is 4.58. The van der Waals surface area contributed by atoms with E-state index in [1.165, 1.54) is 16.6 Å². The van der Waals surface area contributed by atoms with Gasteiger partial charge in [0.2, 0.25) is 0 Å². The molecule has 1 aromatic carbocycles. The predicted octanol–water partition coefficient (Wildman–Crippen LogP) is 3.07. The fraction of sp³-hybridized carbons (Fsp3) is 0.409. The minimum absolute atomic E-state index is 0.0124. The van der Waals surface area contributed by atoms with Crippen molar-refractivity contribution in [2.75, 3.05) is 31.1 Å². The van der Waals surface area contributed by atoms with Crippen molar-refractivity contribution in [2.24, 2.45) is 0 Å². The lowest BCUT2D eigenvalue weighted by molar-refractivity contribution is -0.580. The molecule has 4 rings (SSSR count). The molecule has 0 N–H and O–H groups in total. The second-order valence-electron chi connectivity index (χ2n) is 6.12. The highest BCUT2D eigenvalue weighted by atomic mass is 16.5. The molecule has 0 aliphatic carbocycles. The minimum Gasteiger partial charge on any atom is -0.711 e. The van der Waals surface area contributed by atoms with Gasteiger partial charge in [0.25, 0.3) is 5.91 Å². The molecular weight excluding hydrogens is 366 g/mol. The Morgan fingerprint density at radius 1 is 1.00 bits per heavy atom. The summed E-state index contributed by atoms with van der Waals surface area (Å²) in [7, 11) is 0. The topological polar surface area (TPSA) is 68.3 Å². The summed E-state index contributed by atoms with van der Waals surface area (Å²) in [4.78, 5) is 16.7. The monoisotopic (exact) mass is 397 g/mol. The third-order valence-corrected chi connectivity index (χ3v) is 4.58. The van der Waals surface area contributed by atoms with Crippen LogP contribution in [0, 0.1) is 5.21 Å². The zero-order chi connectivity index (χ0) is 21.2. The molecule has 156 valence electrons. The number of para-hydroxylation sites is 1. The molecule has 1 amide bonds. The van der Waals surface area contributed by atoms with Gasteiger partial charge in [-0.3, -0.25) is 4.79 Å². The molecule has 29 heavy (non-hydrogen) atoms. The van der Waals surface area contributed by atoms with Crippen LogP contribution in [0.3, 0.4) is 0 Å². The Morgan fingerprint density at radius 3 is 2.31 bits per heavy atom. The summed E-state index contributed by atoms with van der Waals surface area (Å²) in [6.07, 6.45) is 3.04. The van der Waals surface area contributed by atoms with Crippen LogP contribution in [0.25, 0.3) is 11.0 Å². The number of hydrogen-bond acceptors (Lipinski definition) is 4. The summed E-state index contributed by atoms with van der Waals surface area (Å²) in [6, 6.07) is 13.7. The van der Waals surface area contributed by atoms with Gasteiger partial charge in [-0.25, -0.2) is 4.73 Å². The van der Waals surface area contributed by atoms with E-state index >= 15 is 0 Å². The lowest BCUT2D eigenvalue weighted by Gasteiger charge is -2.35. The maximum atomic E-state index is 12.6. The summed E-state index contributed by atoms with van der Waals surface area (Å²) in [6.45, 7) is 11.0. The van der Waals surface area contributed by atoms with E-state index in [0.29, 0.717) is 18.7 Å². The number of carbonyl (C=O) groups is 1. The van der Waals surface area contributed by atoms with E-state index < -0.39 is 0 Å². The maximum Gasteiger partial charge on any atom is 0.314 e. The summed E-state index contributed by atoms with van der Waals surface area (Å²) in [5.41, 5.74) is 1.60. The molecular formula is C22H31N5O2. The zero-order valence-corrected chi connectivity index (χ0v) is 17.8. The Morgan fingerprint density at radius 2 is 1.66 bits per heavy atom. The number of amides is 1. The molecule has 1 aliphatic heterocycles. The van der Waals surface area contributed by atoms with Crippen molar-refractivity contribution < 1.29 is 9.52 Å². The van der Waals surface area contributed by atoms with Crippen molar-refractivity contribution in [3.05, 3.63) is 60.1 Å². The molecule has 1 saturated heterocycles. The van der Waals surface area contributed by atoms with E-state index in [1.807, 2.05) is 56.9 Å². The van der Waals surface area contributed by atoms with E-state index in [1.54, 1.807) is 12.3 Å². The fourth-order valence-electron chi connectivity index (χ4n) is 3.24. The first-order valence-electron chi connectivity index (χ1n) is 10.3. The van der Waals surface area contributed by atoms with Gasteiger partial charge in [0, 0.05) is 31.9 Å².